The van der Waals surface area contributed by atoms with Crippen molar-refractivity contribution < 1.29 is 9.59 Å². The second-order valence-corrected chi connectivity index (χ2v) is 7.60. The van der Waals surface area contributed by atoms with Gasteiger partial charge in [0.25, 0.3) is 5.91 Å². The lowest BCUT2D eigenvalue weighted by atomic mass is 10.0. The average molecular weight is 347 g/mol. The SMILES string of the molecule is CC(C)C(NC(=O)c1cc(N2CCNC(C)(C)C2)ccc1N)C(N)=O. The zero-order valence-corrected chi connectivity index (χ0v) is 15.4. The van der Waals surface area contributed by atoms with Gasteiger partial charge in [-0.1, -0.05) is 13.8 Å². The van der Waals surface area contributed by atoms with Crippen LogP contribution in [0.25, 0.3) is 0 Å². The summed E-state index contributed by atoms with van der Waals surface area (Å²) in [5, 5.41) is 6.16. The second kappa shape index (κ2) is 7.31. The fourth-order valence-electron chi connectivity index (χ4n) is 3.08. The van der Waals surface area contributed by atoms with E-state index >= 15 is 0 Å². The number of nitrogens with two attached hydrogens (primary N) is 2. The summed E-state index contributed by atoms with van der Waals surface area (Å²) >= 11 is 0. The summed E-state index contributed by atoms with van der Waals surface area (Å²) in [6.07, 6.45) is 0. The predicted molar refractivity (Wildman–Crippen MR) is 100 cm³/mol. The normalized spacial score (nSPS) is 18.0. The fraction of sp³-hybridized carbons (Fsp3) is 0.556. The number of amides is 2. The Morgan fingerprint density at radius 1 is 1.32 bits per heavy atom. The van der Waals surface area contributed by atoms with Crippen LogP contribution in [0.1, 0.15) is 38.1 Å². The minimum atomic E-state index is -0.728. The van der Waals surface area contributed by atoms with Gasteiger partial charge in [0.1, 0.15) is 6.04 Å². The molecule has 1 aliphatic rings. The number of hydrogen-bond donors (Lipinski definition) is 4. The second-order valence-electron chi connectivity index (χ2n) is 7.60. The molecule has 2 rings (SSSR count). The van der Waals surface area contributed by atoms with Crippen LogP contribution in [-0.4, -0.2) is 43.0 Å². The van der Waals surface area contributed by atoms with Crippen LogP contribution in [0.4, 0.5) is 11.4 Å². The molecular weight excluding hydrogens is 318 g/mol. The molecular formula is C18H29N5O2. The molecule has 7 nitrogen and oxygen atoms in total. The van der Waals surface area contributed by atoms with Gasteiger partial charge in [0.15, 0.2) is 0 Å². The molecule has 1 aromatic rings. The van der Waals surface area contributed by atoms with Crippen molar-refractivity contribution in [2.45, 2.75) is 39.3 Å². The maximum Gasteiger partial charge on any atom is 0.254 e. The van der Waals surface area contributed by atoms with Crippen LogP contribution in [0.3, 0.4) is 0 Å². The van der Waals surface area contributed by atoms with Crippen molar-refractivity contribution in [2.24, 2.45) is 11.7 Å². The highest BCUT2D eigenvalue weighted by Gasteiger charge is 2.27. The van der Waals surface area contributed by atoms with Gasteiger partial charge < -0.3 is 27.0 Å². The van der Waals surface area contributed by atoms with Gasteiger partial charge in [-0.15, -0.1) is 0 Å². The molecule has 0 aromatic heterocycles. The Hall–Kier alpha value is -2.28. The summed E-state index contributed by atoms with van der Waals surface area (Å²) in [6.45, 7) is 10.5. The Bertz CT molecular complexity index is 657. The molecule has 2 amide bonds. The van der Waals surface area contributed by atoms with E-state index in [0.717, 1.165) is 25.3 Å². The highest BCUT2D eigenvalue weighted by atomic mass is 16.2. The topological polar surface area (TPSA) is 113 Å². The Kier molecular flexibility index (Phi) is 5.57. The van der Waals surface area contributed by atoms with E-state index in [1.54, 1.807) is 12.1 Å². The van der Waals surface area contributed by atoms with E-state index in [0.29, 0.717) is 11.3 Å². The zero-order chi connectivity index (χ0) is 18.8. The third-order valence-electron chi connectivity index (χ3n) is 4.48. The lowest BCUT2D eigenvalue weighted by Gasteiger charge is -2.40. The summed E-state index contributed by atoms with van der Waals surface area (Å²) < 4.78 is 0. The number of carbonyl (C=O) groups excluding carboxylic acids is 2. The summed E-state index contributed by atoms with van der Waals surface area (Å²) in [6, 6.07) is 4.70. The Balaban J connectivity index is 2.23. The first-order valence-electron chi connectivity index (χ1n) is 8.60. The van der Waals surface area contributed by atoms with Crippen molar-refractivity contribution >= 4 is 23.2 Å². The van der Waals surface area contributed by atoms with Crippen molar-refractivity contribution in [1.82, 2.24) is 10.6 Å². The van der Waals surface area contributed by atoms with Gasteiger partial charge in [-0.2, -0.15) is 0 Å². The molecule has 1 saturated heterocycles. The quantitative estimate of drug-likeness (QED) is 0.586. The van der Waals surface area contributed by atoms with Crippen molar-refractivity contribution in [3.63, 3.8) is 0 Å². The first kappa shape index (κ1) is 19.1. The molecule has 1 unspecified atom stereocenters. The van der Waals surface area contributed by atoms with Crippen LogP contribution < -0.4 is 27.0 Å². The number of nitrogens with one attached hydrogen (secondary N) is 2. The van der Waals surface area contributed by atoms with Gasteiger partial charge in [-0.05, 0) is 38.0 Å². The molecule has 1 heterocycles. The summed E-state index contributed by atoms with van der Waals surface area (Å²) in [4.78, 5) is 26.4. The molecule has 25 heavy (non-hydrogen) atoms. The largest absolute Gasteiger partial charge is 0.398 e. The van der Waals surface area contributed by atoms with Gasteiger partial charge in [-0.3, -0.25) is 9.59 Å². The smallest absolute Gasteiger partial charge is 0.254 e. The van der Waals surface area contributed by atoms with E-state index in [4.69, 9.17) is 11.5 Å². The lowest BCUT2D eigenvalue weighted by molar-refractivity contribution is -0.120. The van der Waals surface area contributed by atoms with Crippen LogP contribution in [0.5, 0.6) is 0 Å². The number of nitrogen functional groups attached to an aromatic ring is 1. The van der Waals surface area contributed by atoms with Gasteiger partial charge in [0.05, 0.1) is 5.56 Å². The number of carbonyl (C=O) groups is 2. The first-order valence-corrected chi connectivity index (χ1v) is 8.60. The van der Waals surface area contributed by atoms with Crippen molar-refractivity contribution in [2.75, 3.05) is 30.3 Å². The fourth-order valence-corrected chi connectivity index (χ4v) is 3.08. The van der Waals surface area contributed by atoms with Crippen LogP contribution in [0.2, 0.25) is 0 Å². The van der Waals surface area contributed by atoms with E-state index in [9.17, 15) is 9.59 Å². The minimum Gasteiger partial charge on any atom is -0.398 e. The standard InChI is InChI=1S/C18H29N5O2/c1-11(2)15(16(20)24)22-17(25)13-9-12(5-6-14(13)19)23-8-7-21-18(3,4)10-23/h5-6,9,11,15,21H,7-8,10,19H2,1-4H3,(H2,20,24)(H,22,25). The summed E-state index contributed by atoms with van der Waals surface area (Å²) in [7, 11) is 0. The van der Waals surface area contributed by atoms with Gasteiger partial charge in [-0.25, -0.2) is 0 Å². The van der Waals surface area contributed by atoms with E-state index < -0.39 is 11.9 Å². The number of primary amides is 1. The Labute approximate surface area is 149 Å². The molecule has 1 fully saturated rings. The van der Waals surface area contributed by atoms with E-state index in [2.05, 4.69) is 29.4 Å². The molecule has 1 aromatic carbocycles. The van der Waals surface area contributed by atoms with Crippen LogP contribution in [-0.2, 0) is 4.79 Å². The number of benzene rings is 1. The Morgan fingerprint density at radius 3 is 2.56 bits per heavy atom. The molecule has 0 aliphatic carbocycles. The third-order valence-corrected chi connectivity index (χ3v) is 4.48. The third kappa shape index (κ3) is 4.63. The number of hydrogen-bond acceptors (Lipinski definition) is 5. The lowest BCUT2D eigenvalue weighted by Crippen LogP contribution is -2.57. The van der Waals surface area contributed by atoms with E-state index in [1.165, 1.54) is 0 Å². The van der Waals surface area contributed by atoms with Crippen molar-refractivity contribution in [1.29, 1.82) is 0 Å². The highest BCUT2D eigenvalue weighted by Crippen LogP contribution is 2.24. The molecule has 0 saturated carbocycles. The highest BCUT2D eigenvalue weighted by molar-refractivity contribution is 6.02. The maximum absolute atomic E-state index is 12.6. The molecule has 0 spiro atoms. The number of piperazine rings is 1. The van der Waals surface area contributed by atoms with Crippen molar-refractivity contribution in [3.8, 4) is 0 Å². The summed E-state index contributed by atoms with van der Waals surface area (Å²) in [5.41, 5.74) is 13.0. The van der Waals surface area contributed by atoms with Gasteiger partial charge >= 0.3 is 0 Å². The van der Waals surface area contributed by atoms with E-state index in [1.807, 2.05) is 19.9 Å². The van der Waals surface area contributed by atoms with Crippen LogP contribution >= 0.6 is 0 Å². The molecule has 7 heteroatoms. The molecule has 6 N–H and O–H groups in total. The molecule has 0 radical (unpaired) electrons. The summed E-state index contributed by atoms with van der Waals surface area (Å²) in [5.74, 6) is -1.03. The minimum absolute atomic E-state index is 0.00321. The predicted octanol–water partition coefficient (Wildman–Crippen LogP) is 0.697. The van der Waals surface area contributed by atoms with Gasteiger partial charge in [0.2, 0.25) is 5.91 Å². The number of rotatable bonds is 5. The molecule has 138 valence electrons. The van der Waals surface area contributed by atoms with Crippen molar-refractivity contribution in [3.05, 3.63) is 23.8 Å². The monoisotopic (exact) mass is 347 g/mol. The first-order chi connectivity index (χ1) is 11.6. The zero-order valence-electron chi connectivity index (χ0n) is 15.4. The van der Waals surface area contributed by atoms with Crippen LogP contribution in [0, 0.1) is 5.92 Å². The van der Waals surface area contributed by atoms with Crippen LogP contribution in [0.15, 0.2) is 18.2 Å². The average Bonchev–Trinajstić information content (AvgIpc) is 2.51. The maximum atomic E-state index is 12.6. The van der Waals surface area contributed by atoms with E-state index in [-0.39, 0.29) is 17.4 Å². The number of nitrogens with zero attached hydrogens (tertiary/aromatic N) is 1. The molecule has 0 bridgehead atoms. The number of anilines is 2. The Morgan fingerprint density at radius 2 is 2.00 bits per heavy atom. The van der Waals surface area contributed by atoms with Gasteiger partial charge in [0, 0.05) is 36.5 Å². The molecule has 1 aliphatic heterocycles. The molecule has 1 atom stereocenters.